The summed E-state index contributed by atoms with van der Waals surface area (Å²) in [4.78, 5) is 16.1. The average molecular weight is 467 g/mol. The van der Waals surface area contributed by atoms with E-state index in [1.54, 1.807) is 22.9 Å². The Labute approximate surface area is 197 Å². The SMILES string of the molecule is CCC1=Nc2c(c3ccccnc-3c2N2CCN(C)C(CCc3cccc(F)c3)C2)SS1. The van der Waals surface area contributed by atoms with Gasteiger partial charge in [0.05, 0.1) is 21.3 Å². The summed E-state index contributed by atoms with van der Waals surface area (Å²) in [6.07, 6.45) is 4.69. The third-order valence-corrected chi connectivity index (χ3v) is 8.90. The van der Waals surface area contributed by atoms with E-state index in [0.717, 1.165) is 55.8 Å². The Kier molecular flexibility index (Phi) is 6.40. The van der Waals surface area contributed by atoms with Gasteiger partial charge in [-0.05, 0) is 71.7 Å². The minimum Gasteiger partial charge on any atom is -0.365 e. The Balaban J connectivity index is 1.46. The number of benzene rings is 1. The summed E-state index contributed by atoms with van der Waals surface area (Å²) in [6, 6.07) is 13.6. The van der Waals surface area contributed by atoms with Crippen molar-refractivity contribution in [3.05, 3.63) is 60.0 Å². The fourth-order valence-corrected chi connectivity index (χ4v) is 6.94. The van der Waals surface area contributed by atoms with E-state index in [4.69, 9.17) is 9.98 Å². The second kappa shape index (κ2) is 9.41. The number of anilines is 1. The van der Waals surface area contributed by atoms with Gasteiger partial charge in [-0.25, -0.2) is 9.38 Å². The highest BCUT2D eigenvalue weighted by Gasteiger charge is 2.34. The lowest BCUT2D eigenvalue weighted by Gasteiger charge is -2.41. The lowest BCUT2D eigenvalue weighted by Crippen LogP contribution is -2.51. The Morgan fingerprint density at radius 2 is 2.03 bits per heavy atom. The lowest BCUT2D eigenvalue weighted by atomic mass is 10.0. The number of nitrogens with zero attached hydrogens (tertiary/aromatic N) is 4. The summed E-state index contributed by atoms with van der Waals surface area (Å²) in [7, 11) is 5.78. The molecule has 1 unspecified atom stereocenters. The van der Waals surface area contributed by atoms with Crippen LogP contribution in [0, 0.1) is 5.82 Å². The van der Waals surface area contributed by atoms with Crippen molar-refractivity contribution in [2.24, 2.45) is 4.99 Å². The highest BCUT2D eigenvalue weighted by Crippen LogP contribution is 2.57. The number of likely N-dealkylation sites (N-methyl/N-ethyl adjacent to an activating group) is 1. The average Bonchev–Trinajstić information content (AvgIpc) is 2.93. The molecular weight excluding hydrogens is 439 g/mol. The number of halogens is 1. The number of hydrogen-bond donors (Lipinski definition) is 0. The van der Waals surface area contributed by atoms with Crippen molar-refractivity contribution in [2.75, 3.05) is 31.6 Å². The van der Waals surface area contributed by atoms with Crippen molar-refractivity contribution in [3.63, 3.8) is 0 Å². The van der Waals surface area contributed by atoms with E-state index in [9.17, 15) is 4.39 Å². The van der Waals surface area contributed by atoms with E-state index in [1.807, 2.05) is 29.1 Å². The van der Waals surface area contributed by atoms with Crippen molar-refractivity contribution in [2.45, 2.75) is 37.1 Å². The maximum Gasteiger partial charge on any atom is 0.123 e. The van der Waals surface area contributed by atoms with Crippen LogP contribution in [0.4, 0.5) is 15.8 Å². The molecule has 7 heteroatoms. The van der Waals surface area contributed by atoms with Crippen LogP contribution in [0.1, 0.15) is 25.3 Å². The second-order valence-electron chi connectivity index (χ2n) is 8.39. The van der Waals surface area contributed by atoms with Crippen LogP contribution in [0.15, 0.2) is 58.5 Å². The first kappa shape index (κ1) is 21.7. The molecule has 0 amide bonds. The van der Waals surface area contributed by atoms with Crippen molar-refractivity contribution >= 4 is 38.0 Å². The molecule has 3 aliphatic heterocycles. The molecule has 1 atom stereocenters. The van der Waals surface area contributed by atoms with Gasteiger partial charge >= 0.3 is 0 Å². The number of piperazine rings is 1. The fraction of sp³-hybridized carbons (Fsp3) is 0.360. The van der Waals surface area contributed by atoms with Crippen LogP contribution < -0.4 is 4.90 Å². The third kappa shape index (κ3) is 4.26. The van der Waals surface area contributed by atoms with Gasteiger partial charge in [-0.3, -0.25) is 9.88 Å². The molecule has 5 rings (SSSR count). The van der Waals surface area contributed by atoms with Crippen LogP contribution in [-0.4, -0.2) is 47.7 Å². The van der Waals surface area contributed by atoms with Crippen LogP contribution in [0.5, 0.6) is 0 Å². The van der Waals surface area contributed by atoms with Gasteiger partial charge in [0.25, 0.3) is 0 Å². The molecule has 0 bridgehead atoms. The quantitative estimate of drug-likeness (QED) is 0.414. The number of rotatable bonds is 5. The molecule has 1 fully saturated rings. The van der Waals surface area contributed by atoms with Gasteiger partial charge in [0.1, 0.15) is 11.5 Å². The maximum absolute atomic E-state index is 13.6. The number of aromatic nitrogens is 1. The van der Waals surface area contributed by atoms with Crippen molar-refractivity contribution < 1.29 is 4.39 Å². The van der Waals surface area contributed by atoms with Gasteiger partial charge < -0.3 is 4.90 Å². The van der Waals surface area contributed by atoms with Crippen LogP contribution in [0.3, 0.4) is 0 Å². The molecule has 0 aromatic heterocycles. The molecule has 0 N–H and O–H groups in total. The Morgan fingerprint density at radius 3 is 2.88 bits per heavy atom. The number of aliphatic imine (C=N–C) groups is 1. The van der Waals surface area contributed by atoms with E-state index in [-0.39, 0.29) is 5.82 Å². The molecule has 4 aliphatic rings. The molecule has 0 spiro atoms. The highest BCUT2D eigenvalue weighted by atomic mass is 33.1. The van der Waals surface area contributed by atoms with Gasteiger partial charge in [-0.2, -0.15) is 0 Å². The molecule has 0 saturated carbocycles. The van der Waals surface area contributed by atoms with Crippen molar-refractivity contribution in [3.8, 4) is 11.3 Å². The zero-order chi connectivity index (χ0) is 22.1. The van der Waals surface area contributed by atoms with Crippen LogP contribution in [-0.2, 0) is 6.42 Å². The largest absolute Gasteiger partial charge is 0.365 e. The van der Waals surface area contributed by atoms with E-state index < -0.39 is 0 Å². The number of aryl methyl sites for hydroxylation is 1. The highest BCUT2D eigenvalue weighted by molar-refractivity contribution is 8.82. The minimum atomic E-state index is -0.157. The summed E-state index contributed by atoms with van der Waals surface area (Å²) in [5, 5.41) is 1.17. The van der Waals surface area contributed by atoms with Crippen molar-refractivity contribution in [1.82, 2.24) is 9.88 Å². The summed E-state index contributed by atoms with van der Waals surface area (Å²) < 4.78 is 13.6. The molecule has 166 valence electrons. The summed E-state index contributed by atoms with van der Waals surface area (Å²) in [6.45, 7) is 5.02. The molecule has 4 nitrogen and oxygen atoms in total. The fourth-order valence-electron chi connectivity index (χ4n) is 4.53. The third-order valence-electron chi connectivity index (χ3n) is 6.34. The second-order valence-corrected chi connectivity index (χ2v) is 10.6. The standard InChI is InChI=1S/C25H27FN4S2/c1-3-21-28-23-24(22-20(25(23)32-31-21)9-4-5-12-27-22)30-14-13-29(2)19(16-30)11-10-17-7-6-8-18(26)15-17/h4-9,12,15,19H,3,10-11,13-14,16H2,1-2H3. The summed E-state index contributed by atoms with van der Waals surface area (Å²) in [5.74, 6) is -0.157. The Hall–Kier alpha value is -2.09. The van der Waals surface area contributed by atoms with Gasteiger partial charge in [-0.1, -0.05) is 31.2 Å². The predicted molar refractivity (Wildman–Crippen MR) is 135 cm³/mol. The molecule has 0 radical (unpaired) electrons. The molecule has 1 saturated heterocycles. The van der Waals surface area contributed by atoms with Gasteiger partial charge in [0.2, 0.25) is 0 Å². The van der Waals surface area contributed by atoms with Crippen molar-refractivity contribution in [1.29, 1.82) is 0 Å². The van der Waals surface area contributed by atoms with Gasteiger partial charge in [0.15, 0.2) is 0 Å². The number of fused-ring (bicyclic) bond motifs is 3. The smallest absolute Gasteiger partial charge is 0.123 e. The first-order chi connectivity index (χ1) is 15.6. The molecule has 32 heavy (non-hydrogen) atoms. The molecule has 1 aromatic rings. The Morgan fingerprint density at radius 1 is 1.12 bits per heavy atom. The topological polar surface area (TPSA) is 31.7 Å². The molecule has 1 aliphatic carbocycles. The van der Waals surface area contributed by atoms with Gasteiger partial charge in [-0.15, -0.1) is 0 Å². The van der Waals surface area contributed by atoms with Crippen LogP contribution >= 0.6 is 21.6 Å². The molecule has 1 aromatic carbocycles. The first-order valence-corrected chi connectivity index (χ1v) is 13.3. The summed E-state index contributed by atoms with van der Waals surface area (Å²) >= 11 is 0. The van der Waals surface area contributed by atoms with E-state index >= 15 is 0 Å². The first-order valence-electron chi connectivity index (χ1n) is 11.2. The molecule has 3 heterocycles. The van der Waals surface area contributed by atoms with Crippen LogP contribution in [0.2, 0.25) is 0 Å². The molecular formula is C25H27FN4S2. The minimum absolute atomic E-state index is 0.157. The van der Waals surface area contributed by atoms with Gasteiger partial charge in [0, 0.05) is 37.4 Å². The lowest BCUT2D eigenvalue weighted by molar-refractivity contribution is 0.208. The van der Waals surface area contributed by atoms with E-state index in [1.165, 1.54) is 27.3 Å². The number of hydrogen-bond acceptors (Lipinski definition) is 6. The maximum atomic E-state index is 13.6. The monoisotopic (exact) mass is 466 g/mol. The summed E-state index contributed by atoms with van der Waals surface area (Å²) in [5.41, 5.74) is 5.56. The van der Waals surface area contributed by atoms with E-state index in [0.29, 0.717) is 6.04 Å². The Bertz CT molecular complexity index is 1120. The predicted octanol–water partition coefficient (Wildman–Crippen LogP) is 6.27. The normalized spacial score (nSPS) is 19.2. The zero-order valence-electron chi connectivity index (χ0n) is 18.4. The van der Waals surface area contributed by atoms with Crippen LogP contribution in [0.25, 0.3) is 11.3 Å². The zero-order valence-corrected chi connectivity index (χ0v) is 20.1. The van der Waals surface area contributed by atoms with E-state index in [2.05, 4.69) is 35.9 Å².